The molecule has 0 radical (unpaired) electrons. The third-order valence-electron chi connectivity index (χ3n) is 4.49. The van der Waals surface area contributed by atoms with Gasteiger partial charge in [-0.15, -0.1) is 0 Å². The molecule has 130 valence electrons. The highest BCUT2D eigenvalue weighted by Crippen LogP contribution is 2.32. The fourth-order valence-corrected chi connectivity index (χ4v) is 3.16. The molecule has 1 fully saturated rings. The van der Waals surface area contributed by atoms with Gasteiger partial charge in [0.1, 0.15) is 5.82 Å². The maximum absolute atomic E-state index is 14.0. The van der Waals surface area contributed by atoms with Gasteiger partial charge >= 0.3 is 6.18 Å². The fourth-order valence-electron chi connectivity index (χ4n) is 3.16. The van der Waals surface area contributed by atoms with Crippen molar-refractivity contribution in [1.82, 2.24) is 9.88 Å². The Hall–Kier alpha value is -2.09. The van der Waals surface area contributed by atoms with Crippen molar-refractivity contribution in [2.75, 3.05) is 13.1 Å². The van der Waals surface area contributed by atoms with Crippen LogP contribution in [0.1, 0.15) is 23.2 Å². The van der Waals surface area contributed by atoms with Gasteiger partial charge in [0.05, 0.1) is 5.56 Å². The number of benzene rings is 1. The topological polar surface area (TPSA) is 56.3 Å². The van der Waals surface area contributed by atoms with Crippen LogP contribution in [0.4, 0.5) is 17.6 Å². The summed E-state index contributed by atoms with van der Waals surface area (Å²) >= 11 is 0. The number of nitrogens with zero attached hydrogens (tertiary/aromatic N) is 1. The molecule has 1 aromatic heterocycles. The van der Waals surface area contributed by atoms with Gasteiger partial charge in [0, 0.05) is 30.2 Å². The van der Waals surface area contributed by atoms with Crippen molar-refractivity contribution in [3.05, 3.63) is 35.8 Å². The molecule has 2 heterocycles. The molecular formula is C16H16F4N2O2. The molecule has 0 saturated carbocycles. The number of halogens is 4. The number of rotatable bonds is 2. The minimum Gasteiger partial charge on any atom is -0.383 e. The first kappa shape index (κ1) is 16.8. The van der Waals surface area contributed by atoms with E-state index in [9.17, 15) is 27.5 Å². The number of aromatic amines is 1. The Morgan fingerprint density at radius 3 is 2.58 bits per heavy atom. The van der Waals surface area contributed by atoms with Crippen molar-refractivity contribution >= 4 is 16.8 Å². The van der Waals surface area contributed by atoms with Crippen LogP contribution in [0.15, 0.2) is 24.4 Å². The number of H-pyrrole nitrogens is 1. The van der Waals surface area contributed by atoms with Gasteiger partial charge in [0.25, 0.3) is 5.91 Å². The first-order valence-electron chi connectivity index (χ1n) is 7.58. The second-order valence-corrected chi connectivity index (χ2v) is 5.98. The molecule has 0 spiro atoms. The Kier molecular flexibility index (Phi) is 4.25. The quantitative estimate of drug-likeness (QED) is 0.823. The zero-order valence-corrected chi connectivity index (χ0v) is 12.6. The maximum Gasteiger partial charge on any atom is 0.414 e. The van der Waals surface area contributed by atoms with Crippen molar-refractivity contribution in [2.45, 2.75) is 25.1 Å². The number of hydrogen-bond acceptors (Lipinski definition) is 2. The molecule has 2 aromatic rings. The van der Waals surface area contributed by atoms with Crippen molar-refractivity contribution < 1.29 is 27.5 Å². The number of aliphatic hydroxyl groups is 1. The minimum atomic E-state index is -4.66. The largest absolute Gasteiger partial charge is 0.414 e. The average Bonchev–Trinajstić information content (AvgIpc) is 2.98. The van der Waals surface area contributed by atoms with E-state index in [2.05, 4.69) is 4.98 Å². The first-order chi connectivity index (χ1) is 11.3. The van der Waals surface area contributed by atoms with Crippen molar-refractivity contribution in [3.63, 3.8) is 0 Å². The van der Waals surface area contributed by atoms with Gasteiger partial charge in [-0.1, -0.05) is 6.07 Å². The monoisotopic (exact) mass is 344 g/mol. The van der Waals surface area contributed by atoms with E-state index in [1.54, 1.807) is 6.07 Å². The highest BCUT2D eigenvalue weighted by Gasteiger charge is 2.44. The molecule has 1 aliphatic rings. The van der Waals surface area contributed by atoms with E-state index in [0.717, 1.165) is 0 Å². The third kappa shape index (κ3) is 2.98. The van der Waals surface area contributed by atoms with Crippen LogP contribution in [-0.2, 0) is 0 Å². The molecule has 0 bridgehead atoms. The van der Waals surface area contributed by atoms with Gasteiger partial charge in [0.2, 0.25) is 0 Å². The van der Waals surface area contributed by atoms with Crippen LogP contribution in [0.25, 0.3) is 10.9 Å². The molecule has 8 heteroatoms. The highest BCUT2D eigenvalue weighted by molar-refractivity contribution is 6.06. The number of alkyl halides is 3. The number of carbonyl (C=O) groups excluding carboxylic acids is 1. The Labute approximate surface area is 135 Å². The van der Waals surface area contributed by atoms with Gasteiger partial charge in [-0.2, -0.15) is 13.2 Å². The first-order valence-corrected chi connectivity index (χ1v) is 7.58. The van der Waals surface area contributed by atoms with Crippen LogP contribution in [0, 0.1) is 11.7 Å². The van der Waals surface area contributed by atoms with E-state index in [1.165, 1.54) is 23.2 Å². The van der Waals surface area contributed by atoms with Crippen LogP contribution < -0.4 is 0 Å². The number of nitrogens with one attached hydrogen (secondary N) is 1. The van der Waals surface area contributed by atoms with E-state index < -0.39 is 29.9 Å². The lowest BCUT2D eigenvalue weighted by molar-refractivity contribution is -0.222. The molecule has 1 saturated heterocycles. The maximum atomic E-state index is 14.0. The van der Waals surface area contributed by atoms with Gasteiger partial charge in [0.15, 0.2) is 6.10 Å². The number of aliphatic hydroxyl groups excluding tert-OH is 1. The van der Waals surface area contributed by atoms with Gasteiger partial charge in [-0.05, 0) is 30.9 Å². The summed E-state index contributed by atoms with van der Waals surface area (Å²) in [5.41, 5.74) is 0.652. The molecule has 1 atom stereocenters. The number of aromatic nitrogens is 1. The zero-order valence-electron chi connectivity index (χ0n) is 12.6. The summed E-state index contributed by atoms with van der Waals surface area (Å²) in [6.07, 6.45) is -5.52. The summed E-state index contributed by atoms with van der Waals surface area (Å²) in [7, 11) is 0. The zero-order chi connectivity index (χ0) is 17.5. The number of piperidine rings is 1. The van der Waals surface area contributed by atoms with E-state index in [4.69, 9.17) is 0 Å². The SMILES string of the molecule is O=C(c1c[nH]c2cccc(F)c12)N1CCC(C(O)C(F)(F)F)CC1. The Bertz CT molecular complexity index is 748. The van der Waals surface area contributed by atoms with Crippen LogP contribution >= 0.6 is 0 Å². The van der Waals surface area contributed by atoms with Crippen molar-refractivity contribution in [2.24, 2.45) is 5.92 Å². The number of fused-ring (bicyclic) bond motifs is 1. The molecule has 2 N–H and O–H groups in total. The molecule has 4 nitrogen and oxygen atoms in total. The number of amides is 1. The van der Waals surface area contributed by atoms with Gasteiger partial charge in [-0.3, -0.25) is 4.79 Å². The van der Waals surface area contributed by atoms with Crippen molar-refractivity contribution in [1.29, 1.82) is 0 Å². The summed E-state index contributed by atoms with van der Waals surface area (Å²) in [5.74, 6) is -1.88. The third-order valence-corrected chi connectivity index (χ3v) is 4.49. The molecular weight excluding hydrogens is 328 g/mol. The van der Waals surface area contributed by atoms with Crippen LogP contribution in [0.3, 0.4) is 0 Å². The van der Waals surface area contributed by atoms with E-state index >= 15 is 0 Å². The van der Waals surface area contributed by atoms with E-state index in [1.807, 2.05) is 0 Å². The molecule has 3 rings (SSSR count). The summed E-state index contributed by atoms with van der Waals surface area (Å²) in [6.45, 7) is 0.190. The van der Waals surface area contributed by atoms with Crippen LogP contribution in [0.5, 0.6) is 0 Å². The lowest BCUT2D eigenvalue weighted by atomic mass is 9.90. The predicted molar refractivity (Wildman–Crippen MR) is 78.9 cm³/mol. The Morgan fingerprint density at radius 1 is 1.29 bits per heavy atom. The molecule has 0 aliphatic carbocycles. The summed E-state index contributed by atoms with van der Waals surface area (Å²) in [5, 5.41) is 9.49. The van der Waals surface area contributed by atoms with Crippen molar-refractivity contribution in [3.8, 4) is 0 Å². The van der Waals surface area contributed by atoms with E-state index in [0.29, 0.717) is 5.52 Å². The van der Waals surface area contributed by atoms with E-state index in [-0.39, 0.29) is 36.9 Å². The second-order valence-electron chi connectivity index (χ2n) is 5.98. The lowest BCUT2D eigenvalue weighted by Crippen LogP contribution is -2.45. The predicted octanol–water partition coefficient (Wildman–Crippen LogP) is 3.08. The number of likely N-dealkylation sites (tertiary alicyclic amines) is 1. The normalized spacial score (nSPS) is 18.1. The number of hydrogen-bond donors (Lipinski definition) is 2. The fraction of sp³-hybridized carbons (Fsp3) is 0.438. The number of carbonyl (C=O) groups is 1. The smallest absolute Gasteiger partial charge is 0.383 e. The van der Waals surface area contributed by atoms with Crippen LogP contribution in [0.2, 0.25) is 0 Å². The lowest BCUT2D eigenvalue weighted by Gasteiger charge is -2.34. The molecule has 1 unspecified atom stereocenters. The average molecular weight is 344 g/mol. The van der Waals surface area contributed by atoms with Gasteiger partial charge < -0.3 is 15.0 Å². The summed E-state index contributed by atoms with van der Waals surface area (Å²) in [4.78, 5) is 16.8. The Balaban J connectivity index is 1.74. The summed E-state index contributed by atoms with van der Waals surface area (Å²) < 4.78 is 51.6. The molecule has 1 aliphatic heterocycles. The molecule has 1 amide bonds. The molecule has 1 aromatic carbocycles. The standard InChI is InChI=1S/C16H16F4N2O2/c17-11-2-1-3-12-13(11)10(8-21-12)15(24)22-6-4-9(5-7-22)14(23)16(18,19)20/h1-3,8-9,14,21,23H,4-7H2. The summed E-state index contributed by atoms with van der Waals surface area (Å²) in [6, 6.07) is 4.41. The molecule has 24 heavy (non-hydrogen) atoms. The van der Waals surface area contributed by atoms with Gasteiger partial charge in [-0.25, -0.2) is 4.39 Å². The second kappa shape index (κ2) is 6.08. The Morgan fingerprint density at radius 2 is 1.96 bits per heavy atom. The highest BCUT2D eigenvalue weighted by atomic mass is 19.4. The van der Waals surface area contributed by atoms with Crippen LogP contribution in [-0.4, -0.2) is 46.3 Å². The minimum absolute atomic E-state index is 0.0528.